The van der Waals surface area contributed by atoms with Gasteiger partial charge < -0.3 is 14.3 Å². The molecule has 0 aliphatic carbocycles. The summed E-state index contributed by atoms with van der Waals surface area (Å²) in [5, 5.41) is 24.5. The smallest absolute Gasteiger partial charge is 0.275 e. The summed E-state index contributed by atoms with van der Waals surface area (Å²) in [6.45, 7) is 0. The minimum atomic E-state index is -0.605. The number of non-ortho nitro benzene ring substituents is 1. The highest BCUT2D eigenvalue weighted by Crippen LogP contribution is 2.32. The van der Waals surface area contributed by atoms with Crippen LogP contribution in [0.2, 0.25) is 0 Å². The molecule has 1 aromatic heterocycles. The Morgan fingerprint density at radius 2 is 2.07 bits per heavy atom. The van der Waals surface area contributed by atoms with Crippen molar-refractivity contribution in [3.8, 4) is 22.8 Å². The average molecular weight is 460 g/mol. The lowest BCUT2D eigenvalue weighted by Crippen LogP contribution is -2.17. The molecule has 2 N–H and O–H groups in total. The monoisotopic (exact) mass is 459 g/mol. The lowest BCUT2D eigenvalue weighted by molar-refractivity contribution is -0.384. The van der Waals surface area contributed by atoms with Gasteiger partial charge in [-0.1, -0.05) is 0 Å². The van der Waals surface area contributed by atoms with Gasteiger partial charge in [-0.05, 0) is 46.3 Å². The number of amides is 1. The van der Waals surface area contributed by atoms with Crippen molar-refractivity contribution in [3.05, 3.63) is 74.4 Å². The number of aromatic hydroxyl groups is 1. The predicted octanol–water partition coefficient (Wildman–Crippen LogP) is 4.10. The Balaban J connectivity index is 1.69. The Kier molecular flexibility index (Phi) is 5.93. The van der Waals surface area contributed by atoms with E-state index in [1.165, 1.54) is 37.6 Å². The SMILES string of the molecule is COc1ccc(C(=O)N/N=C\c2ccc(-c3ccc([N+](=O)[O-])cc3Br)o2)c(O)c1. The van der Waals surface area contributed by atoms with Crippen LogP contribution in [-0.4, -0.2) is 29.3 Å². The molecule has 2 aromatic carbocycles. The number of hydrogen-bond donors (Lipinski definition) is 2. The maximum absolute atomic E-state index is 12.1. The molecule has 9 nitrogen and oxygen atoms in total. The van der Waals surface area contributed by atoms with Crippen LogP contribution < -0.4 is 10.2 Å². The van der Waals surface area contributed by atoms with E-state index in [1.54, 1.807) is 24.3 Å². The number of nitrogens with zero attached hydrogens (tertiary/aromatic N) is 2. The topological polar surface area (TPSA) is 127 Å². The number of phenols is 1. The zero-order valence-corrected chi connectivity index (χ0v) is 16.5. The van der Waals surface area contributed by atoms with Gasteiger partial charge in [0.25, 0.3) is 11.6 Å². The molecule has 29 heavy (non-hydrogen) atoms. The van der Waals surface area contributed by atoms with Gasteiger partial charge in [-0.15, -0.1) is 0 Å². The summed E-state index contributed by atoms with van der Waals surface area (Å²) in [7, 11) is 1.45. The number of benzene rings is 2. The molecule has 0 saturated heterocycles. The third-order valence-corrected chi connectivity index (χ3v) is 4.52. The fraction of sp³-hybridized carbons (Fsp3) is 0.0526. The number of carbonyl (C=O) groups is 1. The molecule has 0 atom stereocenters. The van der Waals surface area contributed by atoms with Crippen molar-refractivity contribution in [3.63, 3.8) is 0 Å². The van der Waals surface area contributed by atoms with Gasteiger partial charge in [0.2, 0.25) is 0 Å². The maximum atomic E-state index is 12.1. The third-order valence-electron chi connectivity index (χ3n) is 3.86. The summed E-state index contributed by atoms with van der Waals surface area (Å²) >= 11 is 3.29. The first kappa shape index (κ1) is 20.1. The number of furan rings is 1. The van der Waals surface area contributed by atoms with Crippen molar-refractivity contribution in [1.29, 1.82) is 0 Å². The molecule has 0 spiro atoms. The number of rotatable bonds is 6. The molecule has 1 amide bonds. The van der Waals surface area contributed by atoms with Gasteiger partial charge in [-0.3, -0.25) is 14.9 Å². The molecule has 0 saturated carbocycles. The average Bonchev–Trinajstić information content (AvgIpc) is 3.16. The molecule has 148 valence electrons. The normalized spacial score (nSPS) is 10.8. The molecule has 0 unspecified atom stereocenters. The second-order valence-corrected chi connectivity index (χ2v) is 6.56. The second-order valence-electron chi connectivity index (χ2n) is 5.71. The van der Waals surface area contributed by atoms with Gasteiger partial charge in [0.1, 0.15) is 23.0 Å². The largest absolute Gasteiger partial charge is 0.507 e. The molecule has 0 fully saturated rings. The highest BCUT2D eigenvalue weighted by atomic mass is 79.9. The Labute approximate surface area is 172 Å². The van der Waals surface area contributed by atoms with E-state index < -0.39 is 10.8 Å². The summed E-state index contributed by atoms with van der Waals surface area (Å²) in [5.74, 6) is 0.395. The Hall–Kier alpha value is -3.66. The van der Waals surface area contributed by atoms with Crippen molar-refractivity contribution >= 4 is 33.7 Å². The van der Waals surface area contributed by atoms with E-state index in [9.17, 15) is 20.0 Å². The number of phenolic OH excluding ortho intramolecular Hbond substituents is 1. The van der Waals surface area contributed by atoms with Crippen LogP contribution in [0.25, 0.3) is 11.3 Å². The highest BCUT2D eigenvalue weighted by molar-refractivity contribution is 9.10. The molecule has 10 heteroatoms. The van der Waals surface area contributed by atoms with Crippen LogP contribution in [0.1, 0.15) is 16.1 Å². The van der Waals surface area contributed by atoms with Crippen LogP contribution in [0.4, 0.5) is 5.69 Å². The molecular weight excluding hydrogens is 446 g/mol. The standard InChI is InChI=1S/C19H14BrN3O6/c1-28-12-3-6-15(17(24)9-12)19(25)22-21-10-13-4-7-18(29-13)14-5-2-11(23(26)27)8-16(14)20/h2-10,24H,1H3,(H,22,25)/b21-10-. The fourth-order valence-corrected chi connectivity index (χ4v) is 2.99. The quantitative estimate of drug-likeness (QED) is 0.324. The van der Waals surface area contributed by atoms with Crippen LogP contribution in [0.3, 0.4) is 0 Å². The van der Waals surface area contributed by atoms with Gasteiger partial charge in [0.15, 0.2) is 0 Å². The molecule has 0 aliphatic rings. The number of nitrogens with one attached hydrogen (secondary N) is 1. The molecule has 0 radical (unpaired) electrons. The lowest BCUT2D eigenvalue weighted by atomic mass is 10.1. The number of carbonyl (C=O) groups excluding carboxylic acids is 1. The molecule has 0 bridgehead atoms. The van der Waals surface area contributed by atoms with E-state index in [-0.39, 0.29) is 17.0 Å². The molecule has 0 aliphatic heterocycles. The van der Waals surface area contributed by atoms with Crippen LogP contribution in [0.5, 0.6) is 11.5 Å². The van der Waals surface area contributed by atoms with E-state index in [1.807, 2.05) is 0 Å². The second kappa shape index (κ2) is 8.57. The number of methoxy groups -OCH3 is 1. The Morgan fingerprint density at radius 1 is 1.28 bits per heavy atom. The van der Waals surface area contributed by atoms with Gasteiger partial charge in [-0.2, -0.15) is 5.10 Å². The number of ether oxygens (including phenoxy) is 1. The van der Waals surface area contributed by atoms with Crippen LogP contribution in [0, 0.1) is 10.1 Å². The van der Waals surface area contributed by atoms with Gasteiger partial charge in [-0.25, -0.2) is 5.43 Å². The first-order chi connectivity index (χ1) is 13.9. The Morgan fingerprint density at radius 3 is 2.72 bits per heavy atom. The van der Waals surface area contributed by atoms with E-state index in [0.29, 0.717) is 27.3 Å². The molecule has 3 aromatic rings. The number of halogens is 1. The molecule has 1 heterocycles. The van der Waals surface area contributed by atoms with Crippen molar-refractivity contribution in [1.82, 2.24) is 5.43 Å². The zero-order valence-electron chi connectivity index (χ0n) is 15.0. The van der Waals surface area contributed by atoms with Gasteiger partial charge >= 0.3 is 0 Å². The van der Waals surface area contributed by atoms with Crippen LogP contribution >= 0.6 is 15.9 Å². The summed E-state index contributed by atoms with van der Waals surface area (Å²) < 4.78 is 11.1. The van der Waals surface area contributed by atoms with E-state index in [2.05, 4.69) is 26.5 Å². The summed E-state index contributed by atoms with van der Waals surface area (Å²) in [5.41, 5.74) is 2.92. The van der Waals surface area contributed by atoms with E-state index in [0.717, 1.165) is 0 Å². The number of hydrazone groups is 1. The van der Waals surface area contributed by atoms with Crippen molar-refractivity contribution in [2.24, 2.45) is 5.10 Å². The summed E-state index contributed by atoms with van der Waals surface area (Å²) in [6.07, 6.45) is 1.29. The van der Waals surface area contributed by atoms with Gasteiger partial charge in [0.05, 0.1) is 23.8 Å². The molecule has 3 rings (SSSR count). The third kappa shape index (κ3) is 4.61. The van der Waals surface area contributed by atoms with Crippen molar-refractivity contribution in [2.75, 3.05) is 7.11 Å². The van der Waals surface area contributed by atoms with Gasteiger partial charge in [0, 0.05) is 28.2 Å². The van der Waals surface area contributed by atoms with Crippen LogP contribution in [-0.2, 0) is 0 Å². The number of nitro benzene ring substituents is 1. The molecular formula is C19H14BrN3O6. The minimum Gasteiger partial charge on any atom is -0.507 e. The van der Waals surface area contributed by atoms with Crippen LogP contribution in [0.15, 0.2) is 62.5 Å². The Bertz CT molecular complexity index is 1110. The predicted molar refractivity (Wildman–Crippen MR) is 108 cm³/mol. The minimum absolute atomic E-state index is 0.0397. The summed E-state index contributed by atoms with van der Waals surface area (Å²) in [6, 6.07) is 11.9. The highest BCUT2D eigenvalue weighted by Gasteiger charge is 2.14. The number of nitro groups is 1. The zero-order chi connectivity index (χ0) is 21.0. The first-order valence-corrected chi connectivity index (χ1v) is 8.93. The van der Waals surface area contributed by atoms with E-state index >= 15 is 0 Å². The van der Waals surface area contributed by atoms with Crippen molar-refractivity contribution in [2.45, 2.75) is 0 Å². The maximum Gasteiger partial charge on any atom is 0.275 e. The summed E-state index contributed by atoms with van der Waals surface area (Å²) in [4.78, 5) is 22.4. The lowest BCUT2D eigenvalue weighted by Gasteiger charge is -2.05. The number of hydrogen-bond acceptors (Lipinski definition) is 7. The van der Waals surface area contributed by atoms with Crippen molar-refractivity contribution < 1.29 is 24.0 Å². The fourth-order valence-electron chi connectivity index (χ4n) is 2.43. The first-order valence-electron chi connectivity index (χ1n) is 8.13. The van der Waals surface area contributed by atoms with E-state index in [4.69, 9.17) is 9.15 Å².